The molecular weight excluding hydrogens is 224 g/mol. The molecule has 2 aliphatic carbocycles. The third-order valence-corrected chi connectivity index (χ3v) is 3.85. The van der Waals surface area contributed by atoms with Crippen LogP contribution in [-0.4, -0.2) is 18.0 Å². The van der Waals surface area contributed by atoms with Gasteiger partial charge in [0.2, 0.25) is 5.91 Å². The Morgan fingerprint density at radius 1 is 1.17 bits per heavy atom. The maximum Gasteiger partial charge on any atom is 0.227 e. The van der Waals surface area contributed by atoms with E-state index in [1.807, 2.05) is 12.2 Å². The van der Waals surface area contributed by atoms with Gasteiger partial charge in [0.15, 0.2) is 0 Å². The molecule has 1 aromatic rings. The van der Waals surface area contributed by atoms with Gasteiger partial charge in [-0.2, -0.15) is 0 Å². The smallest absolute Gasteiger partial charge is 0.227 e. The second kappa shape index (κ2) is 4.58. The first-order chi connectivity index (χ1) is 8.72. The number of carbonyl (C=O) groups excluding carboxylic acids is 1. The van der Waals surface area contributed by atoms with Crippen LogP contribution in [0.15, 0.2) is 36.4 Å². The molecule has 94 valence electrons. The summed E-state index contributed by atoms with van der Waals surface area (Å²) in [6, 6.07) is 8.70. The number of carbonyl (C=O) groups is 1. The van der Waals surface area contributed by atoms with Crippen molar-refractivity contribution in [3.63, 3.8) is 0 Å². The first-order valence-electron chi connectivity index (χ1n) is 6.53. The van der Waals surface area contributed by atoms with Crippen LogP contribution >= 0.6 is 0 Å². The van der Waals surface area contributed by atoms with Crippen LogP contribution in [0.5, 0.6) is 0 Å². The van der Waals surface area contributed by atoms with Crippen LogP contribution in [0, 0.1) is 5.92 Å². The number of nitrogens with one attached hydrogen (secondary N) is 1. The molecule has 1 amide bonds. The lowest BCUT2D eigenvalue weighted by atomic mass is 10.1. The van der Waals surface area contributed by atoms with E-state index >= 15 is 0 Å². The van der Waals surface area contributed by atoms with E-state index in [1.165, 1.54) is 11.1 Å². The van der Waals surface area contributed by atoms with Crippen LogP contribution in [0.4, 0.5) is 0 Å². The van der Waals surface area contributed by atoms with Gasteiger partial charge in [0.1, 0.15) is 0 Å². The molecule has 3 nitrogen and oxygen atoms in total. The topological polar surface area (TPSA) is 55.1 Å². The molecule has 0 radical (unpaired) electrons. The van der Waals surface area contributed by atoms with Crippen LogP contribution in [0.25, 0.3) is 0 Å². The van der Waals surface area contributed by atoms with Gasteiger partial charge in [-0.1, -0.05) is 36.4 Å². The molecule has 0 spiro atoms. The van der Waals surface area contributed by atoms with Gasteiger partial charge in [-0.25, -0.2) is 0 Å². The van der Waals surface area contributed by atoms with Crippen molar-refractivity contribution in [3.05, 3.63) is 47.5 Å². The zero-order chi connectivity index (χ0) is 12.5. The van der Waals surface area contributed by atoms with Gasteiger partial charge >= 0.3 is 0 Å². The Balaban J connectivity index is 1.60. The first-order valence-corrected chi connectivity index (χ1v) is 6.53. The summed E-state index contributed by atoms with van der Waals surface area (Å²) in [5.74, 6) is 0.0840. The molecule has 0 aliphatic heterocycles. The largest absolute Gasteiger partial charge is 0.352 e. The molecule has 2 atom stereocenters. The number of benzene rings is 1. The summed E-state index contributed by atoms with van der Waals surface area (Å²) < 4.78 is 0. The predicted molar refractivity (Wildman–Crippen MR) is 71.0 cm³/mol. The fourth-order valence-corrected chi connectivity index (χ4v) is 2.89. The van der Waals surface area contributed by atoms with Crippen molar-refractivity contribution in [1.29, 1.82) is 0 Å². The number of fused-ring (bicyclic) bond motifs is 1. The van der Waals surface area contributed by atoms with Gasteiger partial charge in [-0.15, -0.1) is 0 Å². The average molecular weight is 242 g/mol. The highest BCUT2D eigenvalue weighted by Crippen LogP contribution is 2.23. The molecule has 0 aromatic heterocycles. The zero-order valence-corrected chi connectivity index (χ0v) is 10.3. The van der Waals surface area contributed by atoms with E-state index in [0.717, 1.165) is 19.3 Å². The van der Waals surface area contributed by atoms with E-state index in [9.17, 15) is 4.79 Å². The Hall–Kier alpha value is -1.61. The summed E-state index contributed by atoms with van der Waals surface area (Å²) in [6.45, 7) is 0. The van der Waals surface area contributed by atoms with Crippen LogP contribution in [0.3, 0.4) is 0 Å². The second-order valence-corrected chi connectivity index (χ2v) is 5.27. The van der Waals surface area contributed by atoms with E-state index in [2.05, 4.69) is 29.6 Å². The van der Waals surface area contributed by atoms with Crippen molar-refractivity contribution >= 4 is 5.91 Å². The van der Waals surface area contributed by atoms with E-state index in [4.69, 9.17) is 5.73 Å². The molecule has 0 bridgehead atoms. The summed E-state index contributed by atoms with van der Waals surface area (Å²) >= 11 is 0. The van der Waals surface area contributed by atoms with E-state index in [-0.39, 0.29) is 23.9 Å². The third kappa shape index (κ3) is 2.18. The maximum absolute atomic E-state index is 12.1. The number of hydrogen-bond acceptors (Lipinski definition) is 2. The molecule has 3 heteroatoms. The zero-order valence-electron chi connectivity index (χ0n) is 10.3. The number of rotatable bonds is 2. The molecule has 2 aliphatic rings. The van der Waals surface area contributed by atoms with Crippen molar-refractivity contribution in [2.24, 2.45) is 11.7 Å². The molecule has 2 unspecified atom stereocenters. The van der Waals surface area contributed by atoms with Crippen molar-refractivity contribution < 1.29 is 4.79 Å². The minimum atomic E-state index is -0.0382. The lowest BCUT2D eigenvalue weighted by molar-refractivity contribution is -0.124. The van der Waals surface area contributed by atoms with Gasteiger partial charge in [0.25, 0.3) is 0 Å². The van der Waals surface area contributed by atoms with Gasteiger partial charge in [0.05, 0.1) is 5.92 Å². The van der Waals surface area contributed by atoms with Crippen molar-refractivity contribution in [2.75, 3.05) is 0 Å². The lowest BCUT2D eigenvalue weighted by Gasteiger charge is -2.15. The molecule has 3 N–H and O–H groups in total. The third-order valence-electron chi connectivity index (χ3n) is 3.85. The molecule has 0 heterocycles. The second-order valence-electron chi connectivity index (χ2n) is 5.27. The molecule has 0 fully saturated rings. The highest BCUT2D eigenvalue weighted by Gasteiger charge is 2.27. The highest BCUT2D eigenvalue weighted by atomic mass is 16.1. The summed E-state index contributed by atoms with van der Waals surface area (Å²) in [6.07, 6.45) is 6.50. The molecular formula is C15H18N2O. The molecule has 3 rings (SSSR count). The molecule has 1 aromatic carbocycles. The van der Waals surface area contributed by atoms with Gasteiger partial charge in [-0.3, -0.25) is 4.79 Å². The molecule has 18 heavy (non-hydrogen) atoms. The van der Waals surface area contributed by atoms with Crippen molar-refractivity contribution in [1.82, 2.24) is 5.32 Å². The van der Waals surface area contributed by atoms with Crippen LogP contribution in [0.1, 0.15) is 17.5 Å². The van der Waals surface area contributed by atoms with Crippen molar-refractivity contribution in [3.8, 4) is 0 Å². The number of nitrogens with two attached hydrogens (primary N) is 1. The Morgan fingerprint density at radius 3 is 2.39 bits per heavy atom. The normalized spacial score (nSPS) is 26.3. The van der Waals surface area contributed by atoms with Crippen LogP contribution < -0.4 is 11.1 Å². The number of hydrogen-bond donors (Lipinski definition) is 2. The molecule has 0 saturated heterocycles. The minimum absolute atomic E-state index is 0.0382. The Labute approximate surface area is 107 Å². The first kappa shape index (κ1) is 11.5. The quantitative estimate of drug-likeness (QED) is 0.765. The summed E-state index contributed by atoms with van der Waals surface area (Å²) in [7, 11) is 0. The SMILES string of the molecule is NC1C=CC(C(=O)NC2Cc3ccccc3C2)C1. The van der Waals surface area contributed by atoms with E-state index < -0.39 is 0 Å². The average Bonchev–Trinajstić information content (AvgIpc) is 2.94. The monoisotopic (exact) mass is 242 g/mol. The summed E-state index contributed by atoms with van der Waals surface area (Å²) in [5, 5.41) is 3.14. The Bertz CT molecular complexity index is 470. The Morgan fingerprint density at radius 2 is 1.83 bits per heavy atom. The Kier molecular flexibility index (Phi) is 2.92. The minimum Gasteiger partial charge on any atom is -0.352 e. The van der Waals surface area contributed by atoms with Crippen molar-refractivity contribution in [2.45, 2.75) is 31.3 Å². The standard InChI is InChI=1S/C15H18N2O/c16-13-6-5-12(7-13)15(18)17-14-8-10-3-1-2-4-11(10)9-14/h1-6,12-14H,7-9,16H2,(H,17,18). The fraction of sp³-hybridized carbons (Fsp3) is 0.400. The maximum atomic E-state index is 12.1. The van der Waals surface area contributed by atoms with Gasteiger partial charge in [0, 0.05) is 12.1 Å². The van der Waals surface area contributed by atoms with E-state index in [1.54, 1.807) is 0 Å². The highest BCUT2D eigenvalue weighted by molar-refractivity contribution is 5.81. The number of amides is 1. The summed E-state index contributed by atoms with van der Waals surface area (Å²) in [5.41, 5.74) is 8.50. The summed E-state index contributed by atoms with van der Waals surface area (Å²) in [4.78, 5) is 12.1. The van der Waals surface area contributed by atoms with E-state index in [0.29, 0.717) is 0 Å². The van der Waals surface area contributed by atoms with Crippen LogP contribution in [-0.2, 0) is 17.6 Å². The lowest BCUT2D eigenvalue weighted by Crippen LogP contribution is -2.39. The van der Waals surface area contributed by atoms with Crippen LogP contribution in [0.2, 0.25) is 0 Å². The van der Waals surface area contributed by atoms with Gasteiger partial charge in [-0.05, 0) is 30.4 Å². The van der Waals surface area contributed by atoms with Gasteiger partial charge < -0.3 is 11.1 Å². The fourth-order valence-electron chi connectivity index (χ4n) is 2.89. The predicted octanol–water partition coefficient (Wildman–Crippen LogP) is 1.17. The molecule has 0 saturated carbocycles.